The molecule has 1 aromatic rings. The zero-order valence-electron chi connectivity index (χ0n) is 11.9. The monoisotopic (exact) mass is 285 g/mol. The highest BCUT2D eigenvalue weighted by Crippen LogP contribution is 2.27. The molecule has 0 radical (unpaired) electrons. The molecule has 1 fully saturated rings. The van der Waals surface area contributed by atoms with Crippen molar-refractivity contribution in [2.75, 3.05) is 0 Å². The van der Waals surface area contributed by atoms with Gasteiger partial charge in [-0.3, -0.25) is 0 Å². The number of rotatable bonds is 1. The molecule has 0 aromatic heterocycles. The van der Waals surface area contributed by atoms with Crippen LogP contribution in [0.25, 0.3) is 0 Å². The molecule has 4 heteroatoms. The lowest BCUT2D eigenvalue weighted by Gasteiger charge is -2.21. The lowest BCUT2D eigenvalue weighted by atomic mass is 9.83. The third-order valence-corrected chi connectivity index (χ3v) is 3.67. The maximum atomic E-state index is 13.4. The third kappa shape index (κ3) is 4.33. The van der Waals surface area contributed by atoms with Gasteiger partial charge in [-0.1, -0.05) is 12.8 Å². The number of carbonyl (C=O) groups is 1. The minimum atomic E-state index is -0.711. The molecule has 0 unspecified atom stereocenters. The maximum Gasteiger partial charge on any atom is 0.389 e. The second kappa shape index (κ2) is 6.90. The Labute approximate surface area is 123 Å². The van der Waals surface area contributed by atoms with Crippen molar-refractivity contribution < 1.29 is 13.9 Å². The molecule has 0 amide bonds. The van der Waals surface area contributed by atoms with Gasteiger partial charge in [0.25, 0.3) is 0 Å². The highest BCUT2D eigenvalue weighted by atomic mass is 19.1. The van der Waals surface area contributed by atoms with E-state index in [9.17, 15) is 9.18 Å². The van der Waals surface area contributed by atoms with E-state index in [0.29, 0.717) is 0 Å². The molecule has 21 heavy (non-hydrogen) atoms. The van der Waals surface area contributed by atoms with E-state index in [1.165, 1.54) is 12.1 Å². The first kappa shape index (κ1) is 15.1. The van der Waals surface area contributed by atoms with Crippen LogP contribution in [-0.4, -0.2) is 5.97 Å². The van der Waals surface area contributed by atoms with Crippen LogP contribution < -0.4 is 4.74 Å². The summed E-state index contributed by atoms with van der Waals surface area (Å²) in [5, 5.41) is 8.62. The van der Waals surface area contributed by atoms with Crippen molar-refractivity contribution in [3.63, 3.8) is 0 Å². The van der Waals surface area contributed by atoms with Crippen LogP contribution in [0.2, 0.25) is 0 Å². The first-order valence-electron chi connectivity index (χ1n) is 7.01. The van der Waals surface area contributed by atoms with Crippen molar-refractivity contribution in [2.24, 2.45) is 11.8 Å². The lowest BCUT2D eigenvalue weighted by molar-refractivity contribution is -0.128. The number of halogens is 1. The summed E-state index contributed by atoms with van der Waals surface area (Å²) in [5.41, 5.74) is -0.0859. The van der Waals surface area contributed by atoms with Gasteiger partial charge in [0.05, 0.1) is 5.56 Å². The molecule has 1 aliphatic carbocycles. The maximum absolute atomic E-state index is 13.4. The Balaban J connectivity index is 1.93. The van der Waals surface area contributed by atoms with Gasteiger partial charge in [-0.05, 0) is 43.7 Å². The SMILES string of the molecule is CC1CCC(C#CC(=O)Oc2ccc(C#N)c(F)c2)CC1. The van der Waals surface area contributed by atoms with Gasteiger partial charge < -0.3 is 4.74 Å². The van der Waals surface area contributed by atoms with Crippen molar-refractivity contribution in [1.29, 1.82) is 5.26 Å². The van der Waals surface area contributed by atoms with Crippen molar-refractivity contribution in [2.45, 2.75) is 32.6 Å². The predicted octanol–water partition coefficient (Wildman–Crippen LogP) is 3.43. The number of nitriles is 1. The van der Waals surface area contributed by atoms with Gasteiger partial charge in [0, 0.05) is 17.9 Å². The summed E-state index contributed by atoms with van der Waals surface area (Å²) in [5.74, 6) is 5.02. The summed E-state index contributed by atoms with van der Waals surface area (Å²) < 4.78 is 18.3. The Hall–Kier alpha value is -2.33. The Morgan fingerprint density at radius 2 is 2.05 bits per heavy atom. The van der Waals surface area contributed by atoms with Gasteiger partial charge in [-0.15, -0.1) is 0 Å². The Morgan fingerprint density at radius 1 is 1.33 bits per heavy atom. The fourth-order valence-corrected chi connectivity index (χ4v) is 2.35. The smallest absolute Gasteiger partial charge is 0.389 e. The topological polar surface area (TPSA) is 50.1 Å². The molecular weight excluding hydrogens is 269 g/mol. The lowest BCUT2D eigenvalue weighted by Crippen LogP contribution is -2.11. The minimum absolute atomic E-state index is 0.0584. The van der Waals surface area contributed by atoms with Gasteiger partial charge in [0.1, 0.15) is 17.6 Å². The van der Waals surface area contributed by atoms with Crippen molar-refractivity contribution in [1.82, 2.24) is 0 Å². The van der Waals surface area contributed by atoms with E-state index < -0.39 is 11.8 Å². The quantitative estimate of drug-likeness (QED) is 0.344. The van der Waals surface area contributed by atoms with Crippen LogP contribution in [0.1, 0.15) is 38.2 Å². The average Bonchev–Trinajstić information content (AvgIpc) is 2.47. The third-order valence-electron chi connectivity index (χ3n) is 3.67. The Bertz CT molecular complexity index is 628. The van der Waals surface area contributed by atoms with Crippen LogP contribution in [0.4, 0.5) is 4.39 Å². The molecule has 1 saturated carbocycles. The molecule has 0 bridgehead atoms. The molecule has 2 rings (SSSR count). The summed E-state index contributed by atoms with van der Waals surface area (Å²) in [4.78, 5) is 11.6. The fourth-order valence-electron chi connectivity index (χ4n) is 2.35. The molecule has 0 atom stereocenters. The zero-order valence-corrected chi connectivity index (χ0v) is 11.9. The largest absolute Gasteiger partial charge is 0.417 e. The van der Waals surface area contributed by atoms with Gasteiger partial charge >= 0.3 is 5.97 Å². The van der Waals surface area contributed by atoms with Crippen molar-refractivity contribution in [3.8, 4) is 23.7 Å². The molecule has 108 valence electrons. The standard InChI is InChI=1S/C17H16FNO2/c1-12-2-4-13(5-3-12)6-9-17(20)21-15-8-7-14(11-19)16(18)10-15/h7-8,10,12-13H,2-5H2,1H3. The van der Waals surface area contributed by atoms with Crippen LogP contribution in [0.5, 0.6) is 5.75 Å². The van der Waals surface area contributed by atoms with E-state index in [1.807, 2.05) is 0 Å². The molecule has 3 nitrogen and oxygen atoms in total. The Morgan fingerprint density at radius 3 is 2.67 bits per heavy atom. The molecule has 0 aliphatic heterocycles. The van der Waals surface area contributed by atoms with E-state index in [2.05, 4.69) is 18.8 Å². The van der Waals surface area contributed by atoms with Gasteiger partial charge in [0.2, 0.25) is 0 Å². The summed E-state index contributed by atoms with van der Waals surface area (Å²) >= 11 is 0. The first-order chi connectivity index (χ1) is 10.1. The minimum Gasteiger partial charge on any atom is -0.417 e. The highest BCUT2D eigenvalue weighted by Gasteiger charge is 2.16. The molecule has 0 saturated heterocycles. The number of carbonyl (C=O) groups excluding carboxylic acids is 1. The van der Waals surface area contributed by atoms with Crippen LogP contribution in [0.3, 0.4) is 0 Å². The van der Waals surface area contributed by atoms with Crippen LogP contribution in [0.15, 0.2) is 18.2 Å². The summed E-state index contributed by atoms with van der Waals surface area (Å²) in [6, 6.07) is 5.37. The van der Waals surface area contributed by atoms with E-state index in [4.69, 9.17) is 10.00 Å². The van der Waals surface area contributed by atoms with Crippen molar-refractivity contribution in [3.05, 3.63) is 29.6 Å². The van der Waals surface area contributed by atoms with E-state index in [-0.39, 0.29) is 17.2 Å². The summed E-state index contributed by atoms with van der Waals surface area (Å²) in [6.07, 6.45) is 4.28. The van der Waals surface area contributed by atoms with E-state index in [1.54, 1.807) is 6.07 Å². The zero-order chi connectivity index (χ0) is 15.2. The van der Waals surface area contributed by atoms with Gasteiger partial charge in [-0.25, -0.2) is 9.18 Å². The molecule has 0 spiro atoms. The first-order valence-corrected chi connectivity index (χ1v) is 7.01. The normalized spacial score (nSPS) is 20.8. The number of ether oxygens (including phenoxy) is 1. The molecule has 0 heterocycles. The number of benzene rings is 1. The number of esters is 1. The van der Waals surface area contributed by atoms with Crippen LogP contribution in [0, 0.1) is 40.8 Å². The number of hydrogen-bond donors (Lipinski definition) is 0. The van der Waals surface area contributed by atoms with Crippen LogP contribution in [-0.2, 0) is 4.79 Å². The molecule has 1 aromatic carbocycles. The summed E-state index contributed by atoms with van der Waals surface area (Å²) in [6.45, 7) is 2.22. The second-order valence-electron chi connectivity index (χ2n) is 5.37. The predicted molar refractivity (Wildman–Crippen MR) is 75.6 cm³/mol. The Kier molecular flexibility index (Phi) is 4.95. The second-order valence-corrected chi connectivity index (χ2v) is 5.37. The number of hydrogen-bond acceptors (Lipinski definition) is 3. The molecular formula is C17H16FNO2. The number of nitrogens with zero attached hydrogens (tertiary/aromatic N) is 1. The molecule has 0 N–H and O–H groups in total. The van der Waals surface area contributed by atoms with Crippen LogP contribution >= 0.6 is 0 Å². The average molecular weight is 285 g/mol. The van der Waals surface area contributed by atoms with E-state index >= 15 is 0 Å². The molecule has 1 aliphatic rings. The van der Waals surface area contributed by atoms with Gasteiger partial charge in [-0.2, -0.15) is 5.26 Å². The fraction of sp³-hybridized carbons (Fsp3) is 0.412. The highest BCUT2D eigenvalue weighted by molar-refractivity contribution is 5.90. The summed E-state index contributed by atoms with van der Waals surface area (Å²) in [7, 11) is 0. The van der Waals surface area contributed by atoms with Gasteiger partial charge in [0.15, 0.2) is 0 Å². The van der Waals surface area contributed by atoms with Crippen molar-refractivity contribution >= 4 is 5.97 Å². The van der Waals surface area contributed by atoms with E-state index in [0.717, 1.165) is 37.7 Å².